The highest BCUT2D eigenvalue weighted by molar-refractivity contribution is 8.01. The first-order chi connectivity index (χ1) is 6.13. The molecule has 0 aromatic heterocycles. The van der Waals surface area contributed by atoms with E-state index >= 15 is 0 Å². The zero-order valence-corrected chi connectivity index (χ0v) is 8.43. The highest BCUT2D eigenvalue weighted by Crippen LogP contribution is 2.29. The monoisotopic (exact) mass is 204 g/mol. The predicted octanol–water partition coefficient (Wildman–Crippen LogP) is 1.29. The minimum absolute atomic E-state index is 0.237. The van der Waals surface area contributed by atoms with Crippen molar-refractivity contribution >= 4 is 23.7 Å². The van der Waals surface area contributed by atoms with E-state index in [0.29, 0.717) is 6.42 Å². The molecular formula is C8H12O4S. The zero-order valence-electron chi connectivity index (χ0n) is 7.61. The second kappa shape index (κ2) is 4.50. The van der Waals surface area contributed by atoms with Gasteiger partial charge in [-0.1, -0.05) is 18.7 Å². The SMILES string of the molecule is CCCC(=O)OC1OC(=O)C(C)S1. The van der Waals surface area contributed by atoms with Crippen molar-refractivity contribution in [2.75, 3.05) is 0 Å². The van der Waals surface area contributed by atoms with E-state index in [1.165, 1.54) is 11.8 Å². The van der Waals surface area contributed by atoms with Crippen LogP contribution in [0.25, 0.3) is 0 Å². The number of carbonyl (C=O) groups excluding carboxylic acids is 2. The Kier molecular flexibility index (Phi) is 3.59. The lowest BCUT2D eigenvalue weighted by Crippen LogP contribution is -2.15. The Morgan fingerprint density at radius 2 is 2.38 bits per heavy atom. The molecule has 0 amide bonds. The maximum Gasteiger partial charge on any atom is 0.322 e. The van der Waals surface area contributed by atoms with Crippen LogP contribution < -0.4 is 0 Å². The number of hydrogen-bond acceptors (Lipinski definition) is 5. The van der Waals surface area contributed by atoms with E-state index in [1.54, 1.807) is 6.92 Å². The minimum Gasteiger partial charge on any atom is -0.415 e. The molecule has 0 bridgehead atoms. The number of rotatable bonds is 3. The summed E-state index contributed by atoms with van der Waals surface area (Å²) < 4.78 is 9.65. The van der Waals surface area contributed by atoms with Crippen LogP contribution in [-0.4, -0.2) is 22.8 Å². The van der Waals surface area contributed by atoms with Gasteiger partial charge in [0.1, 0.15) is 5.25 Å². The molecule has 0 aromatic rings. The molecule has 2 unspecified atom stereocenters. The van der Waals surface area contributed by atoms with Crippen LogP contribution in [0.15, 0.2) is 0 Å². The maximum atomic E-state index is 11.0. The summed E-state index contributed by atoms with van der Waals surface area (Å²) in [7, 11) is 0. The van der Waals surface area contributed by atoms with Crippen LogP contribution in [0.4, 0.5) is 0 Å². The van der Waals surface area contributed by atoms with Gasteiger partial charge in [-0.15, -0.1) is 0 Å². The third-order valence-corrected chi connectivity index (χ3v) is 2.56. The van der Waals surface area contributed by atoms with Gasteiger partial charge in [-0.05, 0) is 13.3 Å². The lowest BCUT2D eigenvalue weighted by Gasteiger charge is -2.08. The number of esters is 2. The zero-order chi connectivity index (χ0) is 9.84. The summed E-state index contributed by atoms with van der Waals surface area (Å²) in [6.07, 6.45) is 1.10. The average molecular weight is 204 g/mol. The Morgan fingerprint density at radius 1 is 1.69 bits per heavy atom. The van der Waals surface area contributed by atoms with Gasteiger partial charge in [0.25, 0.3) is 5.62 Å². The van der Waals surface area contributed by atoms with Crippen molar-refractivity contribution in [3.05, 3.63) is 0 Å². The molecule has 1 heterocycles. The maximum absolute atomic E-state index is 11.0. The van der Waals surface area contributed by atoms with Crippen LogP contribution >= 0.6 is 11.8 Å². The summed E-state index contributed by atoms with van der Waals surface area (Å²) in [6.45, 7) is 3.61. The number of hydrogen-bond donors (Lipinski definition) is 0. The van der Waals surface area contributed by atoms with Crippen molar-refractivity contribution in [3.63, 3.8) is 0 Å². The topological polar surface area (TPSA) is 52.6 Å². The third kappa shape index (κ3) is 2.91. The van der Waals surface area contributed by atoms with E-state index in [0.717, 1.165) is 6.42 Å². The van der Waals surface area contributed by atoms with Gasteiger partial charge >= 0.3 is 11.9 Å². The molecule has 2 atom stereocenters. The molecule has 1 saturated heterocycles. The van der Waals surface area contributed by atoms with E-state index < -0.39 is 5.62 Å². The fourth-order valence-electron chi connectivity index (χ4n) is 0.863. The number of cyclic esters (lactones) is 1. The highest BCUT2D eigenvalue weighted by Gasteiger charge is 2.34. The molecule has 0 saturated carbocycles. The molecule has 1 aliphatic heterocycles. The van der Waals surface area contributed by atoms with Crippen molar-refractivity contribution in [1.29, 1.82) is 0 Å². The molecule has 1 rings (SSSR count). The molecule has 74 valence electrons. The van der Waals surface area contributed by atoms with E-state index in [1.807, 2.05) is 6.92 Å². The largest absolute Gasteiger partial charge is 0.415 e. The normalized spacial score (nSPS) is 27.1. The molecule has 0 aromatic carbocycles. The quantitative estimate of drug-likeness (QED) is 0.648. The van der Waals surface area contributed by atoms with Gasteiger partial charge in [0.2, 0.25) is 0 Å². The third-order valence-electron chi connectivity index (χ3n) is 1.54. The first-order valence-electron chi connectivity index (χ1n) is 4.19. The smallest absolute Gasteiger partial charge is 0.322 e. The molecule has 1 fully saturated rings. The van der Waals surface area contributed by atoms with Gasteiger partial charge in [-0.2, -0.15) is 0 Å². The first-order valence-corrected chi connectivity index (χ1v) is 5.13. The van der Waals surface area contributed by atoms with E-state index in [9.17, 15) is 9.59 Å². The second-order valence-corrected chi connectivity index (χ2v) is 4.11. The molecule has 1 aliphatic rings. The van der Waals surface area contributed by atoms with Crippen molar-refractivity contribution in [2.24, 2.45) is 0 Å². The second-order valence-electron chi connectivity index (χ2n) is 2.74. The molecule has 0 radical (unpaired) electrons. The van der Waals surface area contributed by atoms with Crippen LogP contribution in [0.3, 0.4) is 0 Å². The first kappa shape index (κ1) is 10.4. The van der Waals surface area contributed by atoms with Crippen LogP contribution in [-0.2, 0) is 19.1 Å². The summed E-state index contributed by atoms with van der Waals surface area (Å²) in [6, 6.07) is 0. The number of thioether (sulfide) groups is 1. The van der Waals surface area contributed by atoms with Crippen LogP contribution in [0.5, 0.6) is 0 Å². The fourth-order valence-corrected chi connectivity index (χ4v) is 1.68. The summed E-state index contributed by atoms with van der Waals surface area (Å²) in [5.41, 5.74) is -0.735. The molecule has 0 N–H and O–H groups in total. The van der Waals surface area contributed by atoms with Gasteiger partial charge in [-0.25, -0.2) is 0 Å². The van der Waals surface area contributed by atoms with Crippen molar-refractivity contribution in [2.45, 2.75) is 37.6 Å². The number of carbonyl (C=O) groups is 2. The van der Waals surface area contributed by atoms with Gasteiger partial charge in [0, 0.05) is 6.42 Å². The van der Waals surface area contributed by atoms with Crippen LogP contribution in [0.2, 0.25) is 0 Å². The van der Waals surface area contributed by atoms with Crippen molar-refractivity contribution < 1.29 is 19.1 Å². The Hall–Kier alpha value is -0.710. The Balaban J connectivity index is 2.31. The van der Waals surface area contributed by atoms with Gasteiger partial charge < -0.3 is 9.47 Å². The van der Waals surface area contributed by atoms with E-state index in [4.69, 9.17) is 9.47 Å². The predicted molar refractivity (Wildman–Crippen MR) is 47.9 cm³/mol. The summed E-state index contributed by atoms with van der Waals surface area (Å²) in [4.78, 5) is 21.9. The van der Waals surface area contributed by atoms with Crippen LogP contribution in [0.1, 0.15) is 26.7 Å². The molecule has 0 spiro atoms. The molecular weight excluding hydrogens is 192 g/mol. The van der Waals surface area contributed by atoms with Gasteiger partial charge in [0.05, 0.1) is 0 Å². The standard InChI is InChI=1S/C8H12O4S/c1-3-4-6(9)11-8-12-7(10)5(2)13-8/h5,8H,3-4H2,1-2H3. The van der Waals surface area contributed by atoms with Crippen LogP contribution in [0, 0.1) is 0 Å². The molecule has 0 aliphatic carbocycles. The van der Waals surface area contributed by atoms with Crippen molar-refractivity contribution in [3.8, 4) is 0 Å². The number of ether oxygens (including phenoxy) is 2. The van der Waals surface area contributed by atoms with E-state index in [2.05, 4.69) is 0 Å². The lowest BCUT2D eigenvalue weighted by molar-refractivity contribution is -0.169. The Labute approximate surface area is 81.0 Å². The van der Waals surface area contributed by atoms with E-state index in [-0.39, 0.29) is 17.2 Å². The lowest BCUT2D eigenvalue weighted by atomic mass is 10.3. The summed E-state index contributed by atoms with van der Waals surface area (Å²) >= 11 is 1.21. The average Bonchev–Trinajstić information content (AvgIpc) is 2.31. The summed E-state index contributed by atoms with van der Waals surface area (Å²) in [5, 5.41) is -0.237. The molecule has 4 nitrogen and oxygen atoms in total. The van der Waals surface area contributed by atoms with Gasteiger partial charge in [0.15, 0.2) is 0 Å². The van der Waals surface area contributed by atoms with Gasteiger partial charge in [-0.3, -0.25) is 9.59 Å². The Bertz CT molecular complexity index is 216. The summed E-state index contributed by atoms with van der Waals surface area (Å²) in [5.74, 6) is -0.638. The highest BCUT2D eigenvalue weighted by atomic mass is 32.2. The minimum atomic E-state index is -0.735. The molecule has 5 heteroatoms. The fraction of sp³-hybridized carbons (Fsp3) is 0.750. The van der Waals surface area contributed by atoms with Crippen molar-refractivity contribution in [1.82, 2.24) is 0 Å². The Morgan fingerprint density at radius 3 is 2.85 bits per heavy atom. The molecule has 13 heavy (non-hydrogen) atoms.